The summed E-state index contributed by atoms with van der Waals surface area (Å²) in [5, 5.41) is 10.3. The zero-order valence-corrected chi connectivity index (χ0v) is 16.0. The molecular weight excluding hydrogens is 359 g/mol. The maximum Gasteiger partial charge on any atom is 0.343 e. The van der Waals surface area contributed by atoms with Crippen LogP contribution in [-0.4, -0.2) is 30.0 Å². The molecule has 6 nitrogen and oxygen atoms in total. The highest BCUT2D eigenvalue weighted by molar-refractivity contribution is 5.88. The van der Waals surface area contributed by atoms with E-state index in [2.05, 4.69) is 28.7 Å². The third kappa shape index (κ3) is 2.89. The number of aryl methyl sites for hydroxylation is 1. The van der Waals surface area contributed by atoms with Gasteiger partial charge in [0.2, 0.25) is 0 Å². The van der Waals surface area contributed by atoms with Crippen LogP contribution in [-0.2, 0) is 12.8 Å². The number of hydrogen-bond acceptors (Lipinski definition) is 4. The third-order valence-corrected chi connectivity index (χ3v) is 4.99. The van der Waals surface area contributed by atoms with Crippen molar-refractivity contribution in [2.24, 2.45) is 0 Å². The molecule has 0 saturated heterocycles. The second-order valence-corrected chi connectivity index (χ2v) is 6.63. The second-order valence-electron chi connectivity index (χ2n) is 6.63. The van der Waals surface area contributed by atoms with E-state index in [1.165, 1.54) is 16.8 Å². The first-order chi connectivity index (χ1) is 13.5. The number of methoxy groups -OCH3 is 1. The van der Waals surface area contributed by atoms with Crippen LogP contribution in [0, 0.1) is 5.82 Å². The molecule has 0 radical (unpaired) electrons. The number of hydrogen-bond donors (Lipinski definition) is 2. The number of ether oxygens (including phenoxy) is 1. The van der Waals surface area contributed by atoms with Gasteiger partial charge in [0.05, 0.1) is 12.8 Å². The zero-order valence-electron chi connectivity index (χ0n) is 16.0. The molecule has 1 aromatic heterocycles. The smallest absolute Gasteiger partial charge is 0.343 e. The molecule has 2 aromatic carbocycles. The number of rotatable bonds is 4. The lowest BCUT2D eigenvalue weighted by atomic mass is 10.0. The van der Waals surface area contributed by atoms with E-state index in [0.717, 1.165) is 40.1 Å². The highest BCUT2D eigenvalue weighted by Gasteiger charge is 2.30. The molecule has 0 fully saturated rings. The number of fused-ring (bicyclic) bond motifs is 3. The van der Waals surface area contributed by atoms with Gasteiger partial charge in [-0.3, -0.25) is 0 Å². The summed E-state index contributed by atoms with van der Waals surface area (Å²) in [6.07, 6.45) is 1.50. The Morgan fingerprint density at radius 1 is 1.32 bits per heavy atom. The predicted molar refractivity (Wildman–Crippen MR) is 106 cm³/mol. The molecular formula is C21H21FN4O2. The average Bonchev–Trinajstić information content (AvgIpc) is 3.22. The number of amides is 1. The molecule has 3 aromatic rings. The summed E-state index contributed by atoms with van der Waals surface area (Å²) in [6.45, 7) is 2.08. The number of nitrogens with zero attached hydrogens (tertiary/aromatic N) is 2. The lowest BCUT2D eigenvalue weighted by Gasteiger charge is -2.12. The summed E-state index contributed by atoms with van der Waals surface area (Å²) in [7, 11) is 3.20. The molecule has 28 heavy (non-hydrogen) atoms. The Morgan fingerprint density at radius 2 is 2.14 bits per heavy atom. The molecule has 1 heterocycles. The quantitative estimate of drug-likeness (QED) is 0.559. The van der Waals surface area contributed by atoms with E-state index in [9.17, 15) is 9.18 Å². The monoisotopic (exact) mass is 380 g/mol. The van der Waals surface area contributed by atoms with Crippen molar-refractivity contribution in [3.63, 3.8) is 0 Å². The molecule has 144 valence electrons. The Labute approximate surface area is 162 Å². The standard InChI is InChI=1S/C21H21FN4O2/c1-4-12-8-13-9-17-19(16(13)11-18(12)28-3)25-26(21(27)23-2)20(17)24-15-7-5-6-14(22)10-15/h5-8,10-11,24H,4,9H2,1-3H3,(H,23,27). The van der Waals surface area contributed by atoms with E-state index in [1.807, 2.05) is 6.07 Å². The molecule has 2 N–H and O–H groups in total. The Kier molecular flexibility index (Phi) is 4.50. The maximum absolute atomic E-state index is 13.6. The lowest BCUT2D eigenvalue weighted by Crippen LogP contribution is -2.26. The Hall–Kier alpha value is -3.35. The summed E-state index contributed by atoms with van der Waals surface area (Å²) >= 11 is 0. The van der Waals surface area contributed by atoms with Gasteiger partial charge in [-0.1, -0.05) is 19.1 Å². The Bertz CT molecular complexity index is 1070. The predicted octanol–water partition coefficient (Wildman–Crippen LogP) is 4.10. The number of benzene rings is 2. The van der Waals surface area contributed by atoms with Crippen LogP contribution in [0.15, 0.2) is 36.4 Å². The Balaban J connectivity index is 1.84. The van der Waals surface area contributed by atoms with Gasteiger partial charge >= 0.3 is 6.03 Å². The van der Waals surface area contributed by atoms with E-state index in [1.54, 1.807) is 26.3 Å². The second kappa shape index (κ2) is 6.99. The first-order valence-electron chi connectivity index (χ1n) is 9.12. The summed E-state index contributed by atoms with van der Waals surface area (Å²) in [4.78, 5) is 12.4. The normalized spacial score (nSPS) is 11.7. The van der Waals surface area contributed by atoms with Gasteiger partial charge < -0.3 is 15.4 Å². The number of aromatic nitrogens is 2. The number of carbonyl (C=O) groups is 1. The van der Waals surface area contributed by atoms with Gasteiger partial charge in [0.1, 0.15) is 17.4 Å². The number of nitrogens with one attached hydrogen (secondary N) is 2. The van der Waals surface area contributed by atoms with Crippen molar-refractivity contribution in [1.82, 2.24) is 15.1 Å². The van der Waals surface area contributed by atoms with Crippen LogP contribution in [0.5, 0.6) is 5.75 Å². The van der Waals surface area contributed by atoms with Gasteiger partial charge in [0, 0.05) is 30.3 Å². The van der Waals surface area contributed by atoms with Crippen LogP contribution in [0.25, 0.3) is 11.3 Å². The van der Waals surface area contributed by atoms with Crippen molar-refractivity contribution in [2.75, 3.05) is 19.5 Å². The fourth-order valence-corrected chi connectivity index (χ4v) is 3.62. The number of anilines is 2. The van der Waals surface area contributed by atoms with Gasteiger partial charge in [-0.15, -0.1) is 0 Å². The molecule has 4 rings (SSSR count). The molecule has 0 atom stereocenters. The molecule has 0 bridgehead atoms. The minimum atomic E-state index is -0.369. The zero-order chi connectivity index (χ0) is 19.8. The van der Waals surface area contributed by atoms with E-state index in [4.69, 9.17) is 4.74 Å². The molecule has 0 saturated carbocycles. The van der Waals surface area contributed by atoms with E-state index in [0.29, 0.717) is 17.9 Å². The van der Waals surface area contributed by atoms with Crippen molar-refractivity contribution >= 4 is 17.5 Å². The van der Waals surface area contributed by atoms with Crippen LogP contribution < -0.4 is 15.4 Å². The van der Waals surface area contributed by atoms with Crippen molar-refractivity contribution in [1.29, 1.82) is 0 Å². The number of carbonyl (C=O) groups excluding carboxylic acids is 1. The average molecular weight is 380 g/mol. The minimum Gasteiger partial charge on any atom is -0.496 e. The maximum atomic E-state index is 13.6. The van der Waals surface area contributed by atoms with Crippen LogP contribution in [0.1, 0.15) is 23.6 Å². The van der Waals surface area contributed by atoms with Crippen molar-refractivity contribution in [3.8, 4) is 17.0 Å². The third-order valence-electron chi connectivity index (χ3n) is 4.99. The molecule has 0 spiro atoms. The largest absolute Gasteiger partial charge is 0.496 e. The summed E-state index contributed by atoms with van der Waals surface area (Å²) in [5.74, 6) is 0.990. The van der Waals surface area contributed by atoms with Gasteiger partial charge in [-0.05, 0) is 41.8 Å². The first kappa shape index (κ1) is 18.0. The highest BCUT2D eigenvalue weighted by Crippen LogP contribution is 2.43. The molecule has 0 unspecified atom stereocenters. The summed E-state index contributed by atoms with van der Waals surface area (Å²) in [6, 6.07) is 9.86. The van der Waals surface area contributed by atoms with Crippen LogP contribution >= 0.6 is 0 Å². The fourth-order valence-electron chi connectivity index (χ4n) is 3.62. The van der Waals surface area contributed by atoms with Crippen molar-refractivity contribution in [2.45, 2.75) is 19.8 Å². The molecule has 0 aliphatic heterocycles. The topological polar surface area (TPSA) is 68.2 Å². The Morgan fingerprint density at radius 3 is 2.82 bits per heavy atom. The van der Waals surface area contributed by atoms with Crippen LogP contribution in [0.2, 0.25) is 0 Å². The van der Waals surface area contributed by atoms with Crippen LogP contribution in [0.3, 0.4) is 0 Å². The van der Waals surface area contributed by atoms with Crippen LogP contribution in [0.4, 0.5) is 20.7 Å². The van der Waals surface area contributed by atoms with E-state index in [-0.39, 0.29) is 11.8 Å². The summed E-state index contributed by atoms with van der Waals surface area (Å²) in [5.41, 5.74) is 5.41. The van der Waals surface area contributed by atoms with Gasteiger partial charge in [-0.25, -0.2) is 9.18 Å². The van der Waals surface area contributed by atoms with E-state index < -0.39 is 0 Å². The van der Waals surface area contributed by atoms with Gasteiger partial charge in [-0.2, -0.15) is 9.78 Å². The minimum absolute atomic E-state index is 0.353. The lowest BCUT2D eigenvalue weighted by molar-refractivity contribution is 0.242. The number of halogens is 1. The SMILES string of the molecule is CCc1cc2c(cc1OC)-c1nn(C(=O)NC)c(Nc3cccc(F)c3)c1C2. The fraction of sp³-hybridized carbons (Fsp3) is 0.238. The highest BCUT2D eigenvalue weighted by atomic mass is 19.1. The molecule has 1 aliphatic rings. The summed E-state index contributed by atoms with van der Waals surface area (Å²) < 4.78 is 20.4. The molecule has 1 amide bonds. The molecule has 7 heteroatoms. The van der Waals surface area contributed by atoms with Crippen molar-refractivity contribution < 1.29 is 13.9 Å². The molecule has 1 aliphatic carbocycles. The van der Waals surface area contributed by atoms with E-state index >= 15 is 0 Å². The van der Waals surface area contributed by atoms with Crippen molar-refractivity contribution in [3.05, 3.63) is 58.9 Å². The van der Waals surface area contributed by atoms with Gasteiger partial charge in [0.25, 0.3) is 0 Å². The first-order valence-corrected chi connectivity index (χ1v) is 9.12. The van der Waals surface area contributed by atoms with Gasteiger partial charge in [0.15, 0.2) is 0 Å².